The smallest absolute Gasteiger partial charge is 0.133 e. The van der Waals surface area contributed by atoms with E-state index in [2.05, 4.69) is 4.90 Å². The zero-order chi connectivity index (χ0) is 6.97. The molecular formula is C7H12ClNO2. The fraction of sp³-hybridized carbons (Fsp3) is 0.857. The van der Waals surface area contributed by atoms with Crippen LogP contribution in [0.4, 0.5) is 0 Å². The Labute approximate surface area is 72.1 Å². The van der Waals surface area contributed by atoms with E-state index >= 15 is 0 Å². The van der Waals surface area contributed by atoms with Crippen LogP contribution < -0.4 is 0 Å². The Balaban J connectivity index is 0.000000605. The standard InChI is InChI=1S/C7H11NO2.ClH/c9-2-1-8-4-7-3-6(8)5-10-7;/h2,6-7H,1,3-5H2;1H/t6-,7-;/m0./s1. The Kier molecular flexibility index (Phi) is 2.87. The van der Waals surface area contributed by atoms with Gasteiger partial charge in [-0.1, -0.05) is 0 Å². The number of likely N-dealkylation sites (tertiary alicyclic amines) is 1. The number of halogens is 1. The predicted octanol–water partition coefficient (Wildman–Crippen LogP) is 0.0802. The van der Waals surface area contributed by atoms with Gasteiger partial charge in [0.15, 0.2) is 0 Å². The summed E-state index contributed by atoms with van der Waals surface area (Å²) in [6, 6.07) is 0.537. The molecule has 0 amide bonds. The molecule has 2 fully saturated rings. The largest absolute Gasteiger partial charge is 0.375 e. The zero-order valence-electron chi connectivity index (χ0n) is 6.23. The van der Waals surface area contributed by atoms with Gasteiger partial charge in [0, 0.05) is 12.6 Å². The quantitative estimate of drug-likeness (QED) is 0.560. The van der Waals surface area contributed by atoms with Crippen molar-refractivity contribution in [2.75, 3.05) is 19.7 Å². The Hall–Kier alpha value is -0.120. The number of hydrogen-bond donors (Lipinski definition) is 0. The third-order valence-corrected chi connectivity index (χ3v) is 2.32. The van der Waals surface area contributed by atoms with Crippen molar-refractivity contribution in [2.24, 2.45) is 0 Å². The van der Waals surface area contributed by atoms with Crippen LogP contribution in [0.15, 0.2) is 0 Å². The monoisotopic (exact) mass is 177 g/mol. The minimum atomic E-state index is 0. The van der Waals surface area contributed by atoms with Crippen LogP contribution in [-0.2, 0) is 9.53 Å². The van der Waals surface area contributed by atoms with Crippen molar-refractivity contribution < 1.29 is 9.53 Å². The molecule has 0 aromatic heterocycles. The third kappa shape index (κ3) is 1.55. The van der Waals surface area contributed by atoms with Gasteiger partial charge in [-0.2, -0.15) is 0 Å². The fourth-order valence-corrected chi connectivity index (χ4v) is 1.80. The van der Waals surface area contributed by atoms with Crippen molar-refractivity contribution >= 4 is 18.7 Å². The van der Waals surface area contributed by atoms with Crippen molar-refractivity contribution in [3.63, 3.8) is 0 Å². The average Bonchev–Trinajstić information content (AvgIpc) is 2.48. The van der Waals surface area contributed by atoms with E-state index in [-0.39, 0.29) is 12.4 Å². The van der Waals surface area contributed by atoms with E-state index in [1.807, 2.05) is 0 Å². The highest BCUT2D eigenvalue weighted by atomic mass is 35.5. The van der Waals surface area contributed by atoms with Crippen LogP contribution in [0.5, 0.6) is 0 Å². The maximum absolute atomic E-state index is 10.2. The summed E-state index contributed by atoms with van der Waals surface area (Å²) in [5, 5.41) is 0. The summed E-state index contributed by atoms with van der Waals surface area (Å²) < 4.78 is 5.37. The second-order valence-corrected chi connectivity index (χ2v) is 2.97. The molecule has 0 radical (unpaired) electrons. The van der Waals surface area contributed by atoms with Crippen LogP contribution in [0.2, 0.25) is 0 Å². The zero-order valence-corrected chi connectivity index (χ0v) is 7.05. The van der Waals surface area contributed by atoms with Gasteiger partial charge in [-0.3, -0.25) is 4.90 Å². The highest BCUT2D eigenvalue weighted by Crippen LogP contribution is 2.26. The number of rotatable bonds is 2. The topological polar surface area (TPSA) is 29.5 Å². The van der Waals surface area contributed by atoms with Crippen LogP contribution in [0.3, 0.4) is 0 Å². The van der Waals surface area contributed by atoms with Gasteiger partial charge in [0.2, 0.25) is 0 Å². The molecule has 0 aliphatic carbocycles. The second kappa shape index (κ2) is 3.52. The van der Waals surface area contributed by atoms with Crippen molar-refractivity contribution in [3.8, 4) is 0 Å². The first-order valence-electron chi connectivity index (χ1n) is 3.69. The molecule has 2 heterocycles. The third-order valence-electron chi connectivity index (χ3n) is 2.32. The summed E-state index contributed by atoms with van der Waals surface area (Å²) in [4.78, 5) is 12.4. The van der Waals surface area contributed by atoms with Gasteiger partial charge in [0.1, 0.15) is 6.29 Å². The Morgan fingerprint density at radius 3 is 2.91 bits per heavy atom. The number of fused-ring (bicyclic) bond motifs is 2. The maximum atomic E-state index is 10.2. The summed E-state index contributed by atoms with van der Waals surface area (Å²) in [5.41, 5.74) is 0. The molecule has 2 rings (SSSR count). The molecule has 0 aromatic rings. The first-order chi connectivity index (χ1) is 4.90. The van der Waals surface area contributed by atoms with Gasteiger partial charge < -0.3 is 9.53 Å². The van der Waals surface area contributed by atoms with E-state index in [4.69, 9.17) is 4.74 Å². The van der Waals surface area contributed by atoms with E-state index in [9.17, 15) is 4.79 Å². The molecule has 0 unspecified atom stereocenters. The molecule has 2 aliphatic rings. The lowest BCUT2D eigenvalue weighted by atomic mass is 10.2. The molecule has 3 nitrogen and oxygen atoms in total. The van der Waals surface area contributed by atoms with E-state index in [0.29, 0.717) is 18.7 Å². The Morgan fingerprint density at radius 1 is 1.64 bits per heavy atom. The SMILES string of the molecule is Cl.O=CCN1C[C@@H]2C[C@H]1CO2. The van der Waals surface area contributed by atoms with Gasteiger partial charge in [-0.05, 0) is 6.42 Å². The average molecular weight is 178 g/mol. The first kappa shape index (κ1) is 8.97. The fourth-order valence-electron chi connectivity index (χ4n) is 1.80. The minimum Gasteiger partial charge on any atom is -0.375 e. The lowest BCUT2D eigenvalue weighted by Crippen LogP contribution is -2.37. The predicted molar refractivity (Wildman–Crippen MR) is 43.0 cm³/mol. The van der Waals surface area contributed by atoms with Gasteiger partial charge >= 0.3 is 0 Å². The lowest BCUT2D eigenvalue weighted by Gasteiger charge is -2.23. The summed E-state index contributed by atoms with van der Waals surface area (Å²) in [5.74, 6) is 0. The molecule has 64 valence electrons. The number of ether oxygens (including phenoxy) is 1. The molecule has 0 saturated carbocycles. The maximum Gasteiger partial charge on any atom is 0.133 e. The minimum absolute atomic E-state index is 0. The molecule has 0 aromatic carbocycles. The van der Waals surface area contributed by atoms with Crippen LogP contribution in [0.25, 0.3) is 0 Å². The first-order valence-corrected chi connectivity index (χ1v) is 3.69. The van der Waals surface area contributed by atoms with Gasteiger partial charge in [-0.15, -0.1) is 12.4 Å². The number of aldehydes is 1. The number of nitrogens with zero attached hydrogens (tertiary/aromatic N) is 1. The van der Waals surface area contributed by atoms with Crippen molar-refractivity contribution in [1.82, 2.24) is 4.90 Å². The number of carbonyl (C=O) groups is 1. The van der Waals surface area contributed by atoms with Crippen LogP contribution in [-0.4, -0.2) is 43.0 Å². The number of morpholine rings is 1. The summed E-state index contributed by atoms with van der Waals surface area (Å²) in [7, 11) is 0. The van der Waals surface area contributed by atoms with E-state index < -0.39 is 0 Å². The Morgan fingerprint density at radius 2 is 2.45 bits per heavy atom. The molecule has 11 heavy (non-hydrogen) atoms. The van der Waals surface area contributed by atoms with Crippen LogP contribution in [0, 0.1) is 0 Å². The van der Waals surface area contributed by atoms with E-state index in [0.717, 1.165) is 25.9 Å². The summed E-state index contributed by atoms with van der Waals surface area (Å²) in [6.07, 6.45) is 2.53. The van der Waals surface area contributed by atoms with Gasteiger partial charge in [0.25, 0.3) is 0 Å². The van der Waals surface area contributed by atoms with Crippen molar-refractivity contribution in [3.05, 3.63) is 0 Å². The van der Waals surface area contributed by atoms with Crippen LogP contribution >= 0.6 is 12.4 Å². The highest BCUT2D eigenvalue weighted by Gasteiger charge is 2.38. The van der Waals surface area contributed by atoms with Crippen molar-refractivity contribution in [1.29, 1.82) is 0 Å². The molecule has 2 atom stereocenters. The van der Waals surface area contributed by atoms with Gasteiger partial charge in [0.05, 0.1) is 19.3 Å². The summed E-state index contributed by atoms with van der Waals surface area (Å²) in [6.45, 7) is 2.38. The molecule has 0 N–H and O–H groups in total. The molecule has 4 heteroatoms. The molecular weight excluding hydrogens is 166 g/mol. The normalized spacial score (nSPS) is 35.3. The van der Waals surface area contributed by atoms with E-state index in [1.54, 1.807) is 0 Å². The van der Waals surface area contributed by atoms with Crippen molar-refractivity contribution in [2.45, 2.75) is 18.6 Å². The van der Waals surface area contributed by atoms with Gasteiger partial charge in [-0.25, -0.2) is 0 Å². The molecule has 0 spiro atoms. The lowest BCUT2D eigenvalue weighted by molar-refractivity contribution is -0.109. The highest BCUT2D eigenvalue weighted by molar-refractivity contribution is 5.85. The molecule has 2 saturated heterocycles. The molecule has 2 bridgehead atoms. The molecule has 2 aliphatic heterocycles. The number of hydrogen-bond acceptors (Lipinski definition) is 3. The second-order valence-electron chi connectivity index (χ2n) is 2.97. The number of carbonyl (C=O) groups excluding carboxylic acids is 1. The van der Waals surface area contributed by atoms with Crippen LogP contribution in [0.1, 0.15) is 6.42 Å². The Bertz CT molecular complexity index is 153. The van der Waals surface area contributed by atoms with E-state index in [1.165, 1.54) is 0 Å². The summed E-state index contributed by atoms with van der Waals surface area (Å²) >= 11 is 0.